The van der Waals surface area contributed by atoms with Gasteiger partial charge in [0, 0.05) is 0 Å². The average molecular weight is 196 g/mol. The summed E-state index contributed by atoms with van der Waals surface area (Å²) < 4.78 is 5.84. The number of unbranched alkanes of at least 4 members (excludes halogenated alkanes) is 3. The molecule has 0 N–H and O–H groups in total. The van der Waals surface area contributed by atoms with Gasteiger partial charge in [0.1, 0.15) is 0 Å². The average Bonchev–Trinajstić information content (AvgIpc) is 2.12. The maximum Gasteiger partial charge on any atom is 0.0837 e. The molecule has 0 bridgehead atoms. The Morgan fingerprint density at radius 3 is 2.79 bits per heavy atom. The van der Waals surface area contributed by atoms with E-state index in [4.69, 9.17) is 4.74 Å². The summed E-state index contributed by atoms with van der Waals surface area (Å²) >= 11 is 0. The molecule has 14 heavy (non-hydrogen) atoms. The van der Waals surface area contributed by atoms with Crippen molar-refractivity contribution in [1.29, 1.82) is 0 Å². The van der Waals surface area contributed by atoms with Gasteiger partial charge in [-0.2, -0.15) is 0 Å². The highest BCUT2D eigenvalue weighted by Gasteiger charge is 2.24. The summed E-state index contributed by atoms with van der Waals surface area (Å²) in [5, 5.41) is 0. The first-order valence-electron chi connectivity index (χ1n) is 5.98. The first-order chi connectivity index (χ1) is 6.66. The van der Waals surface area contributed by atoms with Crippen LogP contribution in [-0.2, 0) is 4.74 Å². The summed E-state index contributed by atoms with van der Waals surface area (Å²) in [6.45, 7) is 7.60. The second-order valence-electron chi connectivity index (χ2n) is 4.71. The molecule has 1 heterocycles. The van der Waals surface area contributed by atoms with Gasteiger partial charge >= 0.3 is 0 Å². The Morgan fingerprint density at radius 1 is 1.36 bits per heavy atom. The second-order valence-corrected chi connectivity index (χ2v) is 4.71. The van der Waals surface area contributed by atoms with Crippen molar-refractivity contribution in [2.24, 2.45) is 0 Å². The number of rotatable bonds is 5. The van der Waals surface area contributed by atoms with Crippen LogP contribution in [0.15, 0.2) is 11.6 Å². The van der Waals surface area contributed by atoms with Gasteiger partial charge in [-0.25, -0.2) is 0 Å². The Hall–Kier alpha value is -0.300. The second kappa shape index (κ2) is 5.55. The molecule has 0 fully saturated rings. The van der Waals surface area contributed by atoms with Crippen LogP contribution in [0.3, 0.4) is 0 Å². The Morgan fingerprint density at radius 2 is 2.14 bits per heavy atom. The normalized spacial score (nSPS) is 27.5. The van der Waals surface area contributed by atoms with E-state index in [0.29, 0.717) is 0 Å². The monoisotopic (exact) mass is 196 g/mol. The fourth-order valence-electron chi connectivity index (χ4n) is 2.13. The van der Waals surface area contributed by atoms with Crippen LogP contribution in [0.25, 0.3) is 0 Å². The zero-order valence-corrected chi connectivity index (χ0v) is 9.94. The van der Waals surface area contributed by atoms with E-state index in [-0.39, 0.29) is 5.60 Å². The molecule has 1 rings (SSSR count). The third-order valence-corrected chi connectivity index (χ3v) is 3.01. The maximum atomic E-state index is 5.84. The Kier molecular flexibility index (Phi) is 4.67. The zero-order chi connectivity index (χ0) is 10.4. The van der Waals surface area contributed by atoms with E-state index in [1.54, 1.807) is 0 Å². The highest BCUT2D eigenvalue weighted by atomic mass is 16.5. The van der Waals surface area contributed by atoms with Crippen molar-refractivity contribution in [2.75, 3.05) is 6.61 Å². The zero-order valence-electron chi connectivity index (χ0n) is 9.94. The molecule has 0 aromatic rings. The fourth-order valence-corrected chi connectivity index (χ4v) is 2.13. The van der Waals surface area contributed by atoms with Gasteiger partial charge in [0.15, 0.2) is 0 Å². The molecule has 0 saturated carbocycles. The van der Waals surface area contributed by atoms with E-state index in [2.05, 4.69) is 26.8 Å². The smallest absolute Gasteiger partial charge is 0.0837 e. The number of hydrogen-bond acceptors (Lipinski definition) is 1. The molecule has 0 aliphatic carbocycles. The van der Waals surface area contributed by atoms with Gasteiger partial charge < -0.3 is 4.74 Å². The molecule has 0 saturated heterocycles. The molecular weight excluding hydrogens is 172 g/mol. The molecule has 1 atom stereocenters. The molecule has 0 amide bonds. The van der Waals surface area contributed by atoms with Gasteiger partial charge in [-0.15, -0.1) is 0 Å². The maximum absolute atomic E-state index is 5.84. The predicted octanol–water partition coefficient (Wildman–Crippen LogP) is 4.08. The largest absolute Gasteiger partial charge is 0.371 e. The van der Waals surface area contributed by atoms with Gasteiger partial charge in [-0.05, 0) is 26.7 Å². The van der Waals surface area contributed by atoms with Crippen molar-refractivity contribution in [3.63, 3.8) is 0 Å². The van der Waals surface area contributed by atoms with Crippen LogP contribution in [-0.4, -0.2) is 12.2 Å². The summed E-state index contributed by atoms with van der Waals surface area (Å²) in [5.74, 6) is 0. The third-order valence-electron chi connectivity index (χ3n) is 3.01. The molecule has 1 aliphatic heterocycles. The van der Waals surface area contributed by atoms with Gasteiger partial charge in [0.2, 0.25) is 0 Å². The molecule has 0 aromatic heterocycles. The fraction of sp³-hybridized carbons (Fsp3) is 0.846. The topological polar surface area (TPSA) is 9.23 Å². The quantitative estimate of drug-likeness (QED) is 0.475. The van der Waals surface area contributed by atoms with Gasteiger partial charge in [0.25, 0.3) is 0 Å². The van der Waals surface area contributed by atoms with Crippen molar-refractivity contribution >= 4 is 0 Å². The molecule has 1 nitrogen and oxygen atoms in total. The third kappa shape index (κ3) is 3.83. The molecule has 0 spiro atoms. The Bertz CT molecular complexity index is 195. The van der Waals surface area contributed by atoms with Crippen molar-refractivity contribution < 1.29 is 4.74 Å². The van der Waals surface area contributed by atoms with Crippen LogP contribution < -0.4 is 0 Å². The SMILES string of the molecule is CCCCCCC1(C)C=C(C)CCO1. The minimum Gasteiger partial charge on any atom is -0.371 e. The predicted molar refractivity (Wildman–Crippen MR) is 61.5 cm³/mol. The Balaban J connectivity index is 2.30. The van der Waals surface area contributed by atoms with Crippen molar-refractivity contribution in [2.45, 2.75) is 64.9 Å². The standard InChI is InChI=1S/C13H24O/c1-4-5-6-7-9-13(3)11-12(2)8-10-14-13/h11H,4-10H2,1-3H3. The summed E-state index contributed by atoms with van der Waals surface area (Å²) in [4.78, 5) is 0. The van der Waals surface area contributed by atoms with E-state index >= 15 is 0 Å². The van der Waals surface area contributed by atoms with Crippen molar-refractivity contribution in [1.82, 2.24) is 0 Å². The lowest BCUT2D eigenvalue weighted by Crippen LogP contribution is -2.30. The summed E-state index contributed by atoms with van der Waals surface area (Å²) in [7, 11) is 0. The van der Waals surface area contributed by atoms with E-state index in [1.165, 1.54) is 37.7 Å². The highest BCUT2D eigenvalue weighted by Crippen LogP contribution is 2.27. The van der Waals surface area contributed by atoms with Gasteiger partial charge in [-0.3, -0.25) is 0 Å². The van der Waals surface area contributed by atoms with Crippen molar-refractivity contribution in [3.8, 4) is 0 Å². The lowest BCUT2D eigenvalue weighted by molar-refractivity contribution is -0.0102. The van der Waals surface area contributed by atoms with Crippen LogP contribution in [0.4, 0.5) is 0 Å². The molecule has 1 unspecified atom stereocenters. The molecule has 82 valence electrons. The first kappa shape index (κ1) is 11.8. The van der Waals surface area contributed by atoms with Crippen LogP contribution in [0.1, 0.15) is 59.3 Å². The minimum atomic E-state index is 0.0378. The minimum absolute atomic E-state index is 0.0378. The molecular formula is C13H24O. The van der Waals surface area contributed by atoms with Gasteiger partial charge in [-0.1, -0.05) is 44.3 Å². The van der Waals surface area contributed by atoms with Crippen LogP contribution in [0.5, 0.6) is 0 Å². The van der Waals surface area contributed by atoms with Gasteiger partial charge in [0.05, 0.1) is 12.2 Å². The van der Waals surface area contributed by atoms with Crippen molar-refractivity contribution in [3.05, 3.63) is 11.6 Å². The van der Waals surface area contributed by atoms with E-state index in [9.17, 15) is 0 Å². The summed E-state index contributed by atoms with van der Waals surface area (Å²) in [5.41, 5.74) is 1.53. The van der Waals surface area contributed by atoms with Crippen LogP contribution >= 0.6 is 0 Å². The summed E-state index contributed by atoms with van der Waals surface area (Å²) in [6.07, 6.45) is 9.94. The van der Waals surface area contributed by atoms with Crippen LogP contribution in [0, 0.1) is 0 Å². The molecule has 0 aromatic carbocycles. The number of ether oxygens (including phenoxy) is 1. The lowest BCUT2D eigenvalue weighted by atomic mass is 9.92. The number of hydrogen-bond donors (Lipinski definition) is 0. The summed E-state index contributed by atoms with van der Waals surface area (Å²) in [6, 6.07) is 0. The first-order valence-corrected chi connectivity index (χ1v) is 5.98. The van der Waals surface area contributed by atoms with E-state index < -0.39 is 0 Å². The lowest BCUT2D eigenvalue weighted by Gasteiger charge is -2.31. The molecule has 1 aliphatic rings. The highest BCUT2D eigenvalue weighted by molar-refractivity contribution is 5.11. The molecule has 1 heteroatoms. The van der Waals surface area contributed by atoms with Crippen LogP contribution in [0.2, 0.25) is 0 Å². The van der Waals surface area contributed by atoms with E-state index in [0.717, 1.165) is 13.0 Å². The molecule has 0 radical (unpaired) electrons. The van der Waals surface area contributed by atoms with E-state index in [1.807, 2.05) is 0 Å². The Labute approximate surface area is 88.5 Å².